The lowest BCUT2D eigenvalue weighted by molar-refractivity contribution is 0.0535. The highest BCUT2D eigenvalue weighted by atomic mass is 19.2. The highest BCUT2D eigenvalue weighted by Gasteiger charge is 2.26. The smallest absolute Gasteiger partial charge is 0.254 e. The van der Waals surface area contributed by atoms with Crippen LogP contribution in [0.15, 0.2) is 36.4 Å². The van der Waals surface area contributed by atoms with Crippen LogP contribution >= 0.6 is 0 Å². The number of hydrogen-bond acceptors (Lipinski definition) is 4. The minimum atomic E-state index is -1.06. The summed E-state index contributed by atoms with van der Waals surface area (Å²) in [6.45, 7) is 5.07. The molecule has 1 saturated heterocycles. The average Bonchev–Trinajstić information content (AvgIpc) is 2.74. The number of rotatable bonds is 5. The summed E-state index contributed by atoms with van der Waals surface area (Å²) in [4.78, 5) is 28.6. The van der Waals surface area contributed by atoms with Crippen LogP contribution in [0, 0.1) is 11.6 Å². The van der Waals surface area contributed by atoms with Crippen LogP contribution in [0.25, 0.3) is 0 Å². The Morgan fingerprint density at radius 2 is 1.37 bits per heavy atom. The standard InChI is InChI=1S/C22H24F2N2O4/c1-14(2)30-19-7-5-16(13-20(19)29-3)22(28)26-10-8-25(9-11-26)21(27)15-4-6-17(23)18(24)12-15/h4-7,12-14H,8-11H2,1-3H3. The molecule has 3 rings (SSSR count). The summed E-state index contributed by atoms with van der Waals surface area (Å²) in [5.74, 6) is -1.59. The van der Waals surface area contributed by atoms with Gasteiger partial charge in [0.25, 0.3) is 11.8 Å². The van der Waals surface area contributed by atoms with Crippen LogP contribution < -0.4 is 9.47 Å². The lowest BCUT2D eigenvalue weighted by atomic mass is 10.1. The predicted molar refractivity (Wildman–Crippen MR) is 107 cm³/mol. The first-order valence-electron chi connectivity index (χ1n) is 9.68. The van der Waals surface area contributed by atoms with E-state index in [2.05, 4.69) is 0 Å². The van der Waals surface area contributed by atoms with E-state index in [0.29, 0.717) is 43.2 Å². The summed E-state index contributed by atoms with van der Waals surface area (Å²) in [6, 6.07) is 8.10. The second-order valence-corrected chi connectivity index (χ2v) is 7.25. The van der Waals surface area contributed by atoms with Gasteiger partial charge in [0.2, 0.25) is 0 Å². The first kappa shape index (κ1) is 21.5. The molecule has 1 aliphatic rings. The van der Waals surface area contributed by atoms with Gasteiger partial charge in [-0.05, 0) is 50.2 Å². The number of benzene rings is 2. The Balaban J connectivity index is 1.65. The van der Waals surface area contributed by atoms with Crippen LogP contribution in [0.3, 0.4) is 0 Å². The molecule has 0 spiro atoms. The van der Waals surface area contributed by atoms with Gasteiger partial charge in [-0.2, -0.15) is 0 Å². The highest BCUT2D eigenvalue weighted by Crippen LogP contribution is 2.29. The molecule has 8 heteroatoms. The lowest BCUT2D eigenvalue weighted by Gasteiger charge is -2.35. The minimum absolute atomic E-state index is 0.0272. The molecule has 0 atom stereocenters. The Hall–Kier alpha value is -3.16. The molecule has 1 fully saturated rings. The molecule has 2 aromatic carbocycles. The molecule has 0 radical (unpaired) electrons. The fourth-order valence-corrected chi connectivity index (χ4v) is 3.26. The van der Waals surface area contributed by atoms with Gasteiger partial charge in [-0.15, -0.1) is 0 Å². The zero-order valence-corrected chi connectivity index (χ0v) is 17.2. The number of nitrogens with zero attached hydrogens (tertiary/aromatic N) is 2. The predicted octanol–water partition coefficient (Wildman–Crippen LogP) is 3.36. The maximum Gasteiger partial charge on any atom is 0.254 e. The van der Waals surface area contributed by atoms with E-state index in [1.165, 1.54) is 18.1 Å². The minimum Gasteiger partial charge on any atom is -0.493 e. The Labute approximate surface area is 174 Å². The summed E-state index contributed by atoms with van der Waals surface area (Å²) >= 11 is 0. The van der Waals surface area contributed by atoms with Crippen LogP contribution in [-0.4, -0.2) is 61.0 Å². The number of carbonyl (C=O) groups excluding carboxylic acids is 2. The number of halogens is 2. The molecule has 1 heterocycles. The molecular formula is C22H24F2N2O4. The zero-order valence-electron chi connectivity index (χ0n) is 17.2. The van der Waals surface area contributed by atoms with E-state index in [1.807, 2.05) is 13.8 Å². The van der Waals surface area contributed by atoms with Crippen molar-refractivity contribution in [3.05, 3.63) is 59.2 Å². The van der Waals surface area contributed by atoms with Crippen molar-refractivity contribution in [3.63, 3.8) is 0 Å². The zero-order chi connectivity index (χ0) is 21.8. The Morgan fingerprint density at radius 1 is 0.833 bits per heavy atom. The molecule has 0 unspecified atom stereocenters. The molecule has 30 heavy (non-hydrogen) atoms. The molecule has 0 aliphatic carbocycles. The first-order valence-corrected chi connectivity index (χ1v) is 9.68. The third-order valence-electron chi connectivity index (χ3n) is 4.79. The third kappa shape index (κ3) is 4.69. The number of ether oxygens (including phenoxy) is 2. The normalized spacial score (nSPS) is 14.1. The average molecular weight is 418 g/mol. The highest BCUT2D eigenvalue weighted by molar-refractivity contribution is 5.96. The van der Waals surface area contributed by atoms with Crippen molar-refractivity contribution in [2.45, 2.75) is 20.0 Å². The third-order valence-corrected chi connectivity index (χ3v) is 4.79. The number of hydrogen-bond donors (Lipinski definition) is 0. The molecule has 6 nitrogen and oxygen atoms in total. The van der Waals surface area contributed by atoms with Gasteiger partial charge in [0.1, 0.15) is 0 Å². The van der Waals surface area contributed by atoms with Gasteiger partial charge in [-0.3, -0.25) is 9.59 Å². The number of methoxy groups -OCH3 is 1. The lowest BCUT2D eigenvalue weighted by Crippen LogP contribution is -2.50. The van der Waals surface area contributed by atoms with Crippen molar-refractivity contribution in [1.29, 1.82) is 0 Å². The topological polar surface area (TPSA) is 59.1 Å². The van der Waals surface area contributed by atoms with Gasteiger partial charge in [-0.1, -0.05) is 0 Å². The maximum absolute atomic E-state index is 13.4. The van der Waals surface area contributed by atoms with Crippen molar-refractivity contribution in [2.75, 3.05) is 33.3 Å². The molecule has 0 aromatic heterocycles. The largest absolute Gasteiger partial charge is 0.493 e. The molecule has 2 amide bonds. The van der Waals surface area contributed by atoms with Crippen molar-refractivity contribution in [1.82, 2.24) is 9.80 Å². The molecule has 0 N–H and O–H groups in total. The van der Waals surface area contributed by atoms with Crippen molar-refractivity contribution < 1.29 is 27.8 Å². The van der Waals surface area contributed by atoms with Crippen molar-refractivity contribution in [3.8, 4) is 11.5 Å². The fourth-order valence-electron chi connectivity index (χ4n) is 3.26. The molecule has 2 aromatic rings. The van der Waals surface area contributed by atoms with E-state index in [1.54, 1.807) is 23.1 Å². The quantitative estimate of drug-likeness (QED) is 0.747. The second kappa shape index (κ2) is 9.11. The van der Waals surface area contributed by atoms with Gasteiger partial charge in [0.15, 0.2) is 23.1 Å². The van der Waals surface area contributed by atoms with E-state index >= 15 is 0 Å². The van der Waals surface area contributed by atoms with Crippen LogP contribution in [0.4, 0.5) is 8.78 Å². The second-order valence-electron chi connectivity index (χ2n) is 7.25. The summed E-state index contributed by atoms with van der Waals surface area (Å²) in [6.07, 6.45) is -0.0272. The van der Waals surface area contributed by atoms with Gasteiger partial charge in [0, 0.05) is 37.3 Å². The van der Waals surface area contributed by atoms with Crippen molar-refractivity contribution in [2.24, 2.45) is 0 Å². The van der Waals surface area contributed by atoms with Crippen molar-refractivity contribution >= 4 is 11.8 Å². The SMILES string of the molecule is COc1cc(C(=O)N2CCN(C(=O)c3ccc(F)c(F)c3)CC2)ccc1OC(C)C. The van der Waals surface area contributed by atoms with Crippen LogP contribution in [0.2, 0.25) is 0 Å². The van der Waals surface area contributed by atoms with E-state index in [0.717, 1.165) is 12.1 Å². The molecule has 1 aliphatic heterocycles. The molecule has 0 saturated carbocycles. The molecule has 160 valence electrons. The summed E-state index contributed by atoms with van der Waals surface area (Å²) in [7, 11) is 1.51. The summed E-state index contributed by atoms with van der Waals surface area (Å²) < 4.78 is 37.5. The van der Waals surface area contributed by atoms with Gasteiger partial charge >= 0.3 is 0 Å². The van der Waals surface area contributed by atoms with Crippen LogP contribution in [0.1, 0.15) is 34.6 Å². The van der Waals surface area contributed by atoms with E-state index in [9.17, 15) is 18.4 Å². The Morgan fingerprint density at radius 3 is 1.87 bits per heavy atom. The number of carbonyl (C=O) groups is 2. The molecule has 0 bridgehead atoms. The van der Waals surface area contributed by atoms with E-state index in [-0.39, 0.29) is 17.6 Å². The van der Waals surface area contributed by atoms with Gasteiger partial charge in [0.05, 0.1) is 13.2 Å². The Kier molecular flexibility index (Phi) is 6.54. The monoisotopic (exact) mass is 418 g/mol. The van der Waals surface area contributed by atoms with E-state index in [4.69, 9.17) is 9.47 Å². The first-order chi connectivity index (χ1) is 14.3. The van der Waals surface area contributed by atoms with Crippen LogP contribution in [-0.2, 0) is 0 Å². The van der Waals surface area contributed by atoms with Gasteiger partial charge < -0.3 is 19.3 Å². The van der Waals surface area contributed by atoms with E-state index < -0.39 is 17.5 Å². The van der Waals surface area contributed by atoms with Crippen LogP contribution in [0.5, 0.6) is 11.5 Å². The number of piperazine rings is 1. The summed E-state index contributed by atoms with van der Waals surface area (Å²) in [5, 5.41) is 0. The Bertz CT molecular complexity index is 941. The summed E-state index contributed by atoms with van der Waals surface area (Å²) in [5.41, 5.74) is 0.544. The number of amides is 2. The maximum atomic E-state index is 13.4. The van der Waals surface area contributed by atoms with Gasteiger partial charge in [-0.25, -0.2) is 8.78 Å². The molecular weight excluding hydrogens is 394 g/mol. The fraction of sp³-hybridized carbons (Fsp3) is 0.364.